The molecule has 1 aliphatic heterocycles. The Morgan fingerprint density at radius 1 is 1.50 bits per heavy atom. The fourth-order valence-electron chi connectivity index (χ4n) is 2.71. The molecule has 110 valence electrons. The number of nitro benzene ring substituents is 1. The number of hydrogen-bond acceptors (Lipinski definition) is 4. The number of benzene rings is 1. The molecule has 1 aromatic carbocycles. The van der Waals surface area contributed by atoms with Gasteiger partial charge < -0.3 is 5.73 Å². The molecule has 0 radical (unpaired) electrons. The summed E-state index contributed by atoms with van der Waals surface area (Å²) in [6.07, 6.45) is 2.31. The van der Waals surface area contributed by atoms with E-state index in [-0.39, 0.29) is 10.6 Å². The SMILES string of the molecule is CC1CCC(CN)CN1Cc1ccc(Br)c([N+](=O)[O-])c1. The maximum atomic E-state index is 11.0. The van der Waals surface area contributed by atoms with E-state index in [1.807, 2.05) is 6.07 Å². The van der Waals surface area contributed by atoms with E-state index in [1.54, 1.807) is 12.1 Å². The highest BCUT2D eigenvalue weighted by Gasteiger charge is 2.25. The van der Waals surface area contributed by atoms with Gasteiger partial charge in [-0.25, -0.2) is 0 Å². The van der Waals surface area contributed by atoms with Crippen LogP contribution in [0.4, 0.5) is 5.69 Å². The minimum absolute atomic E-state index is 0.127. The zero-order valence-corrected chi connectivity index (χ0v) is 13.2. The molecule has 1 aromatic rings. The van der Waals surface area contributed by atoms with Gasteiger partial charge in [0.05, 0.1) is 9.40 Å². The zero-order chi connectivity index (χ0) is 14.7. The van der Waals surface area contributed by atoms with Crippen molar-refractivity contribution in [1.82, 2.24) is 4.90 Å². The first-order valence-electron chi connectivity index (χ1n) is 6.88. The average molecular weight is 342 g/mol. The Bertz CT molecular complexity index is 495. The summed E-state index contributed by atoms with van der Waals surface area (Å²) in [7, 11) is 0. The van der Waals surface area contributed by atoms with Crippen LogP contribution in [-0.2, 0) is 6.54 Å². The second kappa shape index (κ2) is 6.65. The van der Waals surface area contributed by atoms with E-state index >= 15 is 0 Å². The number of likely N-dealkylation sites (tertiary alicyclic amines) is 1. The summed E-state index contributed by atoms with van der Waals surface area (Å²) in [6, 6.07) is 5.85. The van der Waals surface area contributed by atoms with Gasteiger partial charge in [0.1, 0.15) is 0 Å². The van der Waals surface area contributed by atoms with Crippen molar-refractivity contribution in [2.45, 2.75) is 32.4 Å². The topological polar surface area (TPSA) is 72.4 Å². The molecule has 0 spiro atoms. The Kier molecular flexibility index (Phi) is 5.12. The number of hydrogen-bond donors (Lipinski definition) is 1. The molecule has 6 heteroatoms. The molecule has 0 saturated carbocycles. The normalized spacial score (nSPS) is 23.8. The lowest BCUT2D eigenvalue weighted by Gasteiger charge is -2.37. The van der Waals surface area contributed by atoms with Gasteiger partial charge in [0.25, 0.3) is 5.69 Å². The van der Waals surface area contributed by atoms with Crippen LogP contribution in [0, 0.1) is 16.0 Å². The van der Waals surface area contributed by atoms with Crippen molar-refractivity contribution in [1.29, 1.82) is 0 Å². The van der Waals surface area contributed by atoms with Crippen LogP contribution in [0.1, 0.15) is 25.3 Å². The van der Waals surface area contributed by atoms with E-state index < -0.39 is 0 Å². The molecule has 1 saturated heterocycles. The molecule has 0 aromatic heterocycles. The van der Waals surface area contributed by atoms with Gasteiger partial charge >= 0.3 is 0 Å². The Balaban J connectivity index is 2.12. The van der Waals surface area contributed by atoms with Crippen LogP contribution in [0.5, 0.6) is 0 Å². The number of nitro groups is 1. The largest absolute Gasteiger partial charge is 0.330 e. The first-order valence-corrected chi connectivity index (χ1v) is 7.67. The molecular formula is C14H20BrN3O2. The maximum absolute atomic E-state index is 11.0. The molecule has 1 heterocycles. The molecule has 1 fully saturated rings. The number of nitrogens with two attached hydrogens (primary N) is 1. The third-order valence-electron chi connectivity index (χ3n) is 4.03. The minimum atomic E-state index is -0.351. The average Bonchev–Trinajstić information content (AvgIpc) is 2.43. The molecule has 1 aliphatic rings. The van der Waals surface area contributed by atoms with Crippen LogP contribution < -0.4 is 5.73 Å². The molecule has 0 aliphatic carbocycles. The first-order chi connectivity index (χ1) is 9.51. The standard InChI is InChI=1S/C14H20BrN3O2/c1-10-2-3-12(7-16)9-17(10)8-11-4-5-13(15)14(6-11)18(19)20/h4-6,10,12H,2-3,7-9,16H2,1H3. The van der Waals surface area contributed by atoms with Crippen molar-refractivity contribution in [2.75, 3.05) is 13.1 Å². The summed E-state index contributed by atoms with van der Waals surface area (Å²) in [5.74, 6) is 0.539. The van der Waals surface area contributed by atoms with E-state index in [0.717, 1.165) is 25.1 Å². The lowest BCUT2D eigenvalue weighted by molar-refractivity contribution is -0.385. The summed E-state index contributed by atoms with van der Waals surface area (Å²) in [6.45, 7) is 4.64. The smallest absolute Gasteiger partial charge is 0.283 e. The molecule has 0 amide bonds. The molecule has 2 unspecified atom stereocenters. The Morgan fingerprint density at radius 3 is 2.90 bits per heavy atom. The molecule has 2 rings (SSSR count). The summed E-state index contributed by atoms with van der Waals surface area (Å²) >= 11 is 3.22. The van der Waals surface area contributed by atoms with E-state index in [4.69, 9.17) is 5.73 Å². The van der Waals surface area contributed by atoms with Crippen molar-refractivity contribution >= 4 is 21.6 Å². The van der Waals surface area contributed by atoms with Crippen molar-refractivity contribution < 1.29 is 4.92 Å². The molecule has 0 bridgehead atoms. The zero-order valence-electron chi connectivity index (χ0n) is 11.6. The Hall–Kier alpha value is -0.980. The Labute approximate surface area is 127 Å². The van der Waals surface area contributed by atoms with Crippen LogP contribution in [0.3, 0.4) is 0 Å². The van der Waals surface area contributed by atoms with Gasteiger partial charge in [0, 0.05) is 25.2 Å². The van der Waals surface area contributed by atoms with Gasteiger partial charge in [0.2, 0.25) is 0 Å². The molecule has 2 atom stereocenters. The van der Waals surface area contributed by atoms with Crippen molar-refractivity contribution in [2.24, 2.45) is 11.7 Å². The van der Waals surface area contributed by atoms with E-state index in [0.29, 0.717) is 23.0 Å². The van der Waals surface area contributed by atoms with Gasteiger partial charge in [-0.3, -0.25) is 15.0 Å². The number of rotatable bonds is 4. The highest BCUT2D eigenvalue weighted by molar-refractivity contribution is 9.10. The monoisotopic (exact) mass is 341 g/mol. The van der Waals surface area contributed by atoms with Crippen molar-refractivity contribution in [3.63, 3.8) is 0 Å². The van der Waals surface area contributed by atoms with Crippen LogP contribution in [-0.4, -0.2) is 29.0 Å². The van der Waals surface area contributed by atoms with Gasteiger partial charge in [-0.1, -0.05) is 6.07 Å². The predicted octanol–water partition coefficient (Wildman–Crippen LogP) is 2.92. The first kappa shape index (κ1) is 15.4. The lowest BCUT2D eigenvalue weighted by atomic mass is 9.93. The fraction of sp³-hybridized carbons (Fsp3) is 0.571. The predicted molar refractivity (Wildman–Crippen MR) is 82.4 cm³/mol. The number of halogens is 1. The van der Waals surface area contributed by atoms with Gasteiger partial charge in [-0.15, -0.1) is 0 Å². The van der Waals surface area contributed by atoms with E-state index in [1.165, 1.54) is 6.42 Å². The number of piperidine rings is 1. The summed E-state index contributed by atoms with van der Waals surface area (Å²) in [4.78, 5) is 13.0. The van der Waals surface area contributed by atoms with Gasteiger partial charge in [-0.05, 0) is 59.8 Å². The van der Waals surface area contributed by atoms with E-state index in [2.05, 4.69) is 27.8 Å². The summed E-state index contributed by atoms with van der Waals surface area (Å²) < 4.78 is 0.526. The van der Waals surface area contributed by atoms with Crippen molar-refractivity contribution in [3.05, 3.63) is 38.3 Å². The van der Waals surface area contributed by atoms with Crippen LogP contribution in [0.2, 0.25) is 0 Å². The van der Waals surface area contributed by atoms with Crippen LogP contribution >= 0.6 is 15.9 Å². The maximum Gasteiger partial charge on any atom is 0.283 e. The van der Waals surface area contributed by atoms with Gasteiger partial charge in [0.15, 0.2) is 0 Å². The third kappa shape index (κ3) is 3.56. The number of nitrogens with zero attached hydrogens (tertiary/aromatic N) is 2. The molecule has 20 heavy (non-hydrogen) atoms. The second-order valence-electron chi connectivity index (χ2n) is 5.50. The third-order valence-corrected chi connectivity index (χ3v) is 4.71. The molecule has 5 nitrogen and oxygen atoms in total. The fourth-order valence-corrected chi connectivity index (χ4v) is 3.10. The van der Waals surface area contributed by atoms with Crippen LogP contribution in [0.15, 0.2) is 22.7 Å². The Morgan fingerprint density at radius 2 is 2.25 bits per heavy atom. The highest BCUT2D eigenvalue weighted by Crippen LogP contribution is 2.28. The van der Waals surface area contributed by atoms with Crippen molar-refractivity contribution in [3.8, 4) is 0 Å². The van der Waals surface area contributed by atoms with E-state index in [9.17, 15) is 10.1 Å². The van der Waals surface area contributed by atoms with Crippen LogP contribution in [0.25, 0.3) is 0 Å². The summed E-state index contributed by atoms with van der Waals surface area (Å²) in [5.41, 5.74) is 6.87. The van der Waals surface area contributed by atoms with Gasteiger partial charge in [-0.2, -0.15) is 0 Å². The lowest BCUT2D eigenvalue weighted by Crippen LogP contribution is -2.43. The second-order valence-corrected chi connectivity index (χ2v) is 6.35. The summed E-state index contributed by atoms with van der Waals surface area (Å²) in [5, 5.41) is 11.0. The quantitative estimate of drug-likeness (QED) is 0.675. The molecular weight excluding hydrogens is 322 g/mol. The minimum Gasteiger partial charge on any atom is -0.330 e. The highest BCUT2D eigenvalue weighted by atomic mass is 79.9. The molecule has 2 N–H and O–H groups in total.